The topological polar surface area (TPSA) is 81.5 Å². The van der Waals surface area contributed by atoms with Gasteiger partial charge in [0.2, 0.25) is 0 Å². The minimum Gasteiger partial charge on any atom is -0.484 e. The number of ether oxygens (including phenoxy) is 2. The molecule has 1 saturated heterocycles. The van der Waals surface area contributed by atoms with Crippen LogP contribution in [0.2, 0.25) is 0 Å². The molecule has 0 saturated carbocycles. The van der Waals surface area contributed by atoms with Crippen molar-refractivity contribution in [2.75, 3.05) is 32.8 Å². The summed E-state index contributed by atoms with van der Waals surface area (Å²) in [5.41, 5.74) is 2.05. The molecule has 1 N–H and O–H groups in total. The van der Waals surface area contributed by atoms with E-state index in [4.69, 9.17) is 9.47 Å². The molecule has 4 heterocycles. The van der Waals surface area contributed by atoms with Crippen molar-refractivity contribution >= 4 is 11.0 Å². The molecule has 32 heavy (non-hydrogen) atoms. The van der Waals surface area contributed by atoms with Gasteiger partial charge in [-0.1, -0.05) is 0 Å². The molecule has 9 heteroatoms. The molecule has 0 unspecified atom stereocenters. The van der Waals surface area contributed by atoms with Gasteiger partial charge < -0.3 is 24.3 Å². The summed E-state index contributed by atoms with van der Waals surface area (Å²) in [5, 5.41) is 3.61. The second-order valence-corrected chi connectivity index (χ2v) is 8.22. The fourth-order valence-corrected chi connectivity index (χ4v) is 4.30. The highest BCUT2D eigenvalue weighted by Gasteiger charge is 2.20. The summed E-state index contributed by atoms with van der Waals surface area (Å²) in [4.78, 5) is 23.1. The third-order valence-electron chi connectivity index (χ3n) is 6.09. The minimum atomic E-state index is -0.362. The van der Waals surface area contributed by atoms with Crippen LogP contribution in [0, 0.1) is 5.82 Å². The molecule has 0 bridgehead atoms. The lowest BCUT2D eigenvalue weighted by Gasteiger charge is -2.32. The average Bonchev–Trinajstić information content (AvgIpc) is 2.82. The molecular formula is C23H26FN5O3. The van der Waals surface area contributed by atoms with Crippen LogP contribution >= 0.6 is 0 Å². The number of hydrogen-bond donors (Lipinski definition) is 1. The van der Waals surface area contributed by atoms with Crippen LogP contribution in [0.25, 0.3) is 11.0 Å². The van der Waals surface area contributed by atoms with Gasteiger partial charge in [-0.3, -0.25) is 4.79 Å². The fourth-order valence-electron chi connectivity index (χ4n) is 4.30. The quantitative estimate of drug-likeness (QED) is 0.629. The summed E-state index contributed by atoms with van der Waals surface area (Å²) in [5.74, 6) is 0.917. The van der Waals surface area contributed by atoms with Gasteiger partial charge in [0.15, 0.2) is 5.75 Å². The van der Waals surface area contributed by atoms with Crippen LogP contribution in [-0.4, -0.2) is 58.3 Å². The standard InChI is InChI=1S/C23H26FN5O3/c24-17-1-2-19-20(12-17)29(22(30)15-26-19)8-7-28-5-3-18(4-6-28)25-13-16-11-21-23(27-14-16)32-10-9-31-21/h1-2,11-12,14-15,18,25H,3-10,13H2. The normalized spacial score (nSPS) is 17.0. The maximum Gasteiger partial charge on any atom is 0.269 e. The highest BCUT2D eigenvalue weighted by atomic mass is 19.1. The Morgan fingerprint density at radius 2 is 1.91 bits per heavy atom. The van der Waals surface area contributed by atoms with Gasteiger partial charge in [0.1, 0.15) is 19.0 Å². The average molecular weight is 439 g/mol. The molecule has 0 spiro atoms. The molecule has 0 amide bonds. The van der Waals surface area contributed by atoms with Gasteiger partial charge in [-0.15, -0.1) is 0 Å². The lowest BCUT2D eigenvalue weighted by Crippen LogP contribution is -2.43. The van der Waals surface area contributed by atoms with E-state index in [1.54, 1.807) is 10.6 Å². The number of aromatic nitrogens is 3. The van der Waals surface area contributed by atoms with Gasteiger partial charge in [-0.2, -0.15) is 0 Å². The Labute approximate surface area is 185 Å². The Kier molecular flexibility index (Phi) is 6.00. The van der Waals surface area contributed by atoms with Gasteiger partial charge >= 0.3 is 0 Å². The number of nitrogens with one attached hydrogen (secondary N) is 1. The molecule has 1 aromatic carbocycles. The molecule has 1 fully saturated rings. The van der Waals surface area contributed by atoms with Crippen molar-refractivity contribution in [2.45, 2.75) is 32.0 Å². The van der Waals surface area contributed by atoms with Crippen LogP contribution in [0.5, 0.6) is 11.6 Å². The molecule has 0 radical (unpaired) electrons. The van der Waals surface area contributed by atoms with Gasteiger partial charge in [0, 0.05) is 31.9 Å². The Balaban J connectivity index is 1.13. The summed E-state index contributed by atoms with van der Waals surface area (Å²) >= 11 is 0. The monoisotopic (exact) mass is 439 g/mol. The number of piperidine rings is 1. The molecule has 8 nitrogen and oxygen atoms in total. The summed E-state index contributed by atoms with van der Waals surface area (Å²) in [7, 11) is 0. The number of benzene rings is 1. The van der Waals surface area contributed by atoms with Gasteiger partial charge in [-0.25, -0.2) is 14.4 Å². The van der Waals surface area contributed by atoms with Gasteiger partial charge in [-0.05, 0) is 55.8 Å². The van der Waals surface area contributed by atoms with Crippen molar-refractivity contribution in [3.8, 4) is 11.6 Å². The Morgan fingerprint density at radius 3 is 2.78 bits per heavy atom. The van der Waals surface area contributed by atoms with Crippen LogP contribution in [0.1, 0.15) is 18.4 Å². The Hall–Kier alpha value is -3.04. The van der Waals surface area contributed by atoms with Crippen LogP contribution < -0.4 is 20.3 Å². The van der Waals surface area contributed by atoms with Crippen molar-refractivity contribution < 1.29 is 13.9 Å². The van der Waals surface area contributed by atoms with Crippen molar-refractivity contribution in [3.05, 3.63) is 58.4 Å². The number of fused-ring (bicyclic) bond motifs is 2. The highest BCUT2D eigenvalue weighted by Crippen LogP contribution is 2.28. The predicted molar refractivity (Wildman–Crippen MR) is 117 cm³/mol. The summed E-state index contributed by atoms with van der Waals surface area (Å²) in [6, 6.07) is 6.77. The van der Waals surface area contributed by atoms with E-state index in [1.807, 2.05) is 12.3 Å². The van der Waals surface area contributed by atoms with E-state index in [9.17, 15) is 9.18 Å². The van der Waals surface area contributed by atoms with Crippen molar-refractivity contribution in [3.63, 3.8) is 0 Å². The lowest BCUT2D eigenvalue weighted by atomic mass is 10.0. The van der Waals surface area contributed by atoms with Gasteiger partial charge in [0.05, 0.1) is 17.2 Å². The molecule has 168 valence electrons. The third-order valence-corrected chi connectivity index (χ3v) is 6.09. The molecule has 0 atom stereocenters. The van der Waals surface area contributed by atoms with Crippen molar-refractivity contribution in [1.82, 2.24) is 24.8 Å². The first-order valence-corrected chi connectivity index (χ1v) is 11.0. The van der Waals surface area contributed by atoms with E-state index in [2.05, 4.69) is 20.2 Å². The smallest absolute Gasteiger partial charge is 0.269 e. The van der Waals surface area contributed by atoms with E-state index < -0.39 is 0 Å². The second-order valence-electron chi connectivity index (χ2n) is 8.22. The van der Waals surface area contributed by atoms with Crippen molar-refractivity contribution in [2.24, 2.45) is 0 Å². The Morgan fingerprint density at radius 1 is 1.06 bits per heavy atom. The molecule has 2 aliphatic heterocycles. The van der Waals surface area contributed by atoms with Crippen molar-refractivity contribution in [1.29, 1.82) is 0 Å². The fraction of sp³-hybridized carbons (Fsp3) is 0.435. The summed E-state index contributed by atoms with van der Waals surface area (Å²) in [6.45, 7) is 4.99. The van der Waals surface area contributed by atoms with E-state index in [0.29, 0.717) is 48.5 Å². The largest absolute Gasteiger partial charge is 0.484 e. The predicted octanol–water partition coefficient (Wildman–Crippen LogP) is 1.96. The SMILES string of the molecule is O=c1cnc2ccc(F)cc2n1CCN1CCC(NCc2cnc3c(c2)OCCO3)CC1. The minimum absolute atomic E-state index is 0.201. The highest BCUT2D eigenvalue weighted by molar-refractivity contribution is 5.74. The van der Waals surface area contributed by atoms with Crippen LogP contribution in [0.15, 0.2) is 41.5 Å². The van der Waals surface area contributed by atoms with Crippen LogP contribution in [0.3, 0.4) is 0 Å². The first kappa shape index (κ1) is 20.8. The number of halogens is 1. The maximum absolute atomic E-state index is 13.7. The van der Waals surface area contributed by atoms with Crippen LogP contribution in [-0.2, 0) is 13.1 Å². The lowest BCUT2D eigenvalue weighted by molar-refractivity contribution is 0.164. The van der Waals surface area contributed by atoms with E-state index >= 15 is 0 Å². The molecular weight excluding hydrogens is 413 g/mol. The maximum atomic E-state index is 13.7. The second kappa shape index (κ2) is 9.22. The molecule has 5 rings (SSSR count). The molecule has 2 aliphatic rings. The number of pyridine rings is 1. The molecule has 3 aromatic rings. The summed E-state index contributed by atoms with van der Waals surface area (Å²) < 4.78 is 26.4. The number of nitrogens with zero attached hydrogens (tertiary/aromatic N) is 4. The van der Waals surface area contributed by atoms with Gasteiger partial charge in [0.25, 0.3) is 11.4 Å². The van der Waals surface area contributed by atoms with Crippen LogP contribution in [0.4, 0.5) is 4.39 Å². The zero-order valence-electron chi connectivity index (χ0n) is 17.8. The molecule has 2 aromatic heterocycles. The first-order valence-electron chi connectivity index (χ1n) is 11.0. The van der Waals surface area contributed by atoms with E-state index in [1.165, 1.54) is 18.3 Å². The Bertz CT molecular complexity index is 1160. The zero-order valence-corrected chi connectivity index (χ0v) is 17.8. The first-order chi connectivity index (χ1) is 15.7. The van der Waals surface area contributed by atoms with E-state index in [0.717, 1.165) is 44.6 Å². The number of likely N-dealkylation sites (tertiary alicyclic amines) is 1. The molecule has 0 aliphatic carbocycles. The summed E-state index contributed by atoms with van der Waals surface area (Å²) in [6.07, 6.45) is 5.19. The van der Waals surface area contributed by atoms with E-state index in [-0.39, 0.29) is 11.4 Å². The number of hydrogen-bond acceptors (Lipinski definition) is 7. The number of rotatable bonds is 6. The third kappa shape index (κ3) is 4.58. The zero-order chi connectivity index (χ0) is 21.9.